The van der Waals surface area contributed by atoms with Gasteiger partial charge in [-0.1, -0.05) is 0 Å². The number of rotatable bonds is 3. The van der Waals surface area contributed by atoms with Gasteiger partial charge in [0.05, 0.1) is 7.11 Å². The smallest absolute Gasteiger partial charge is 0.373 e. The second kappa shape index (κ2) is 5.38. The van der Waals surface area contributed by atoms with Gasteiger partial charge in [0.25, 0.3) is 5.91 Å². The molecule has 0 radical (unpaired) electrons. The van der Waals surface area contributed by atoms with Crippen molar-refractivity contribution >= 4 is 22.8 Å². The Hall–Kier alpha value is -2.34. The molecule has 2 aliphatic rings. The Morgan fingerprint density at radius 2 is 2.17 bits per heavy atom. The van der Waals surface area contributed by atoms with E-state index in [1.165, 1.54) is 13.5 Å². The van der Waals surface area contributed by atoms with Gasteiger partial charge in [-0.25, -0.2) is 4.79 Å². The lowest BCUT2D eigenvalue weighted by molar-refractivity contribution is 0.0567. The third-order valence-electron chi connectivity index (χ3n) is 4.78. The van der Waals surface area contributed by atoms with Crippen LogP contribution in [-0.4, -0.2) is 37.1 Å². The Morgan fingerprint density at radius 1 is 1.30 bits per heavy atom. The topological polar surface area (TPSA) is 80.6 Å². The largest absolute Gasteiger partial charge is 0.463 e. The molecule has 2 saturated heterocycles. The van der Waals surface area contributed by atoms with E-state index in [0.717, 1.165) is 12.8 Å². The maximum Gasteiger partial charge on any atom is 0.373 e. The highest BCUT2D eigenvalue weighted by Gasteiger charge is 2.39. The van der Waals surface area contributed by atoms with E-state index in [1.54, 1.807) is 24.3 Å². The Morgan fingerprint density at radius 3 is 2.87 bits per heavy atom. The zero-order valence-corrected chi connectivity index (χ0v) is 12.8. The van der Waals surface area contributed by atoms with E-state index in [0.29, 0.717) is 28.6 Å². The fourth-order valence-corrected chi connectivity index (χ4v) is 3.62. The molecule has 2 bridgehead atoms. The van der Waals surface area contributed by atoms with E-state index in [2.05, 4.69) is 15.4 Å². The van der Waals surface area contributed by atoms with Gasteiger partial charge in [0.15, 0.2) is 0 Å². The van der Waals surface area contributed by atoms with Gasteiger partial charge in [0.2, 0.25) is 5.76 Å². The van der Waals surface area contributed by atoms with Crippen molar-refractivity contribution in [3.8, 4) is 0 Å². The molecule has 6 nitrogen and oxygen atoms in total. The zero-order chi connectivity index (χ0) is 16.0. The number of fused-ring (bicyclic) bond motifs is 3. The average Bonchev–Trinajstić information content (AvgIpc) is 3.27. The van der Waals surface area contributed by atoms with Crippen molar-refractivity contribution in [2.75, 3.05) is 7.11 Å². The van der Waals surface area contributed by atoms with Gasteiger partial charge in [0, 0.05) is 29.1 Å². The number of amides is 1. The van der Waals surface area contributed by atoms with E-state index in [4.69, 9.17) is 4.42 Å². The highest BCUT2D eigenvalue weighted by atomic mass is 16.5. The van der Waals surface area contributed by atoms with E-state index < -0.39 is 5.97 Å². The fraction of sp³-hybridized carbons (Fsp3) is 0.412. The van der Waals surface area contributed by atoms with Crippen LogP contribution in [0.3, 0.4) is 0 Å². The summed E-state index contributed by atoms with van der Waals surface area (Å²) in [4.78, 5) is 24.0. The summed E-state index contributed by atoms with van der Waals surface area (Å²) in [5.74, 6) is -0.482. The third-order valence-corrected chi connectivity index (χ3v) is 4.78. The van der Waals surface area contributed by atoms with Crippen molar-refractivity contribution in [1.29, 1.82) is 0 Å². The molecule has 3 atom stereocenters. The molecular weight excluding hydrogens is 296 g/mol. The quantitative estimate of drug-likeness (QED) is 0.845. The number of carbonyl (C=O) groups is 2. The van der Waals surface area contributed by atoms with Gasteiger partial charge in [-0.3, -0.25) is 4.79 Å². The molecule has 6 heteroatoms. The summed E-state index contributed by atoms with van der Waals surface area (Å²) < 4.78 is 10.1. The van der Waals surface area contributed by atoms with E-state index in [1.807, 2.05) is 0 Å². The third kappa shape index (κ3) is 2.49. The van der Waals surface area contributed by atoms with Crippen LogP contribution in [0, 0.1) is 0 Å². The van der Waals surface area contributed by atoms with Gasteiger partial charge in [0.1, 0.15) is 5.58 Å². The van der Waals surface area contributed by atoms with Crippen LogP contribution in [0.2, 0.25) is 0 Å². The lowest BCUT2D eigenvalue weighted by Crippen LogP contribution is -2.42. The summed E-state index contributed by atoms with van der Waals surface area (Å²) >= 11 is 0. The zero-order valence-electron chi connectivity index (χ0n) is 12.8. The molecule has 23 heavy (non-hydrogen) atoms. The van der Waals surface area contributed by atoms with E-state index in [9.17, 15) is 9.59 Å². The molecule has 0 spiro atoms. The van der Waals surface area contributed by atoms with E-state index in [-0.39, 0.29) is 17.7 Å². The second-order valence-corrected chi connectivity index (χ2v) is 6.22. The van der Waals surface area contributed by atoms with E-state index >= 15 is 0 Å². The van der Waals surface area contributed by atoms with Crippen LogP contribution in [0.5, 0.6) is 0 Å². The van der Waals surface area contributed by atoms with Crippen LogP contribution in [0.1, 0.15) is 40.2 Å². The summed E-state index contributed by atoms with van der Waals surface area (Å²) in [7, 11) is 1.30. The first kappa shape index (κ1) is 14.3. The maximum absolute atomic E-state index is 12.5. The minimum absolute atomic E-state index is 0.0907. The summed E-state index contributed by atoms with van der Waals surface area (Å²) in [6.45, 7) is 0. The van der Waals surface area contributed by atoms with Crippen LogP contribution < -0.4 is 10.6 Å². The molecule has 0 unspecified atom stereocenters. The Balaban J connectivity index is 1.54. The summed E-state index contributed by atoms with van der Waals surface area (Å²) in [6.07, 6.45) is 3.32. The first-order valence-corrected chi connectivity index (χ1v) is 7.83. The predicted octanol–water partition coefficient (Wildman–Crippen LogP) is 1.84. The lowest BCUT2D eigenvalue weighted by Gasteiger charge is -2.21. The molecule has 0 saturated carbocycles. The second-order valence-electron chi connectivity index (χ2n) is 6.22. The number of carbonyl (C=O) groups excluding carboxylic acids is 2. The van der Waals surface area contributed by atoms with Crippen molar-refractivity contribution in [1.82, 2.24) is 10.6 Å². The molecule has 120 valence electrons. The lowest BCUT2D eigenvalue weighted by atomic mass is 9.95. The normalized spacial score (nSPS) is 25.7. The Kier molecular flexibility index (Phi) is 3.34. The number of nitrogens with one attached hydrogen (secondary N) is 2. The first-order chi connectivity index (χ1) is 11.1. The molecule has 1 amide bonds. The number of ether oxygens (including phenoxy) is 1. The average molecular weight is 314 g/mol. The summed E-state index contributed by atoms with van der Waals surface area (Å²) in [5, 5.41) is 7.33. The van der Waals surface area contributed by atoms with Crippen LogP contribution >= 0.6 is 0 Å². The molecule has 2 fully saturated rings. The molecule has 4 rings (SSSR count). The number of hydrogen-bond acceptors (Lipinski definition) is 5. The number of esters is 1. The maximum atomic E-state index is 12.5. The standard InChI is InChI=1S/C17H18N2O4/c1-22-17(21)15-7-10-6-9(2-5-14(10)23-15)16(20)19-13-8-11-3-4-12(13)18-11/h2,5-7,11-13,18H,3-4,8H2,1H3,(H,19,20)/t11-,12+,13-/m1/s1. The molecule has 2 aromatic rings. The molecule has 1 aromatic carbocycles. The number of hydrogen-bond donors (Lipinski definition) is 2. The van der Waals surface area contributed by atoms with Crippen molar-refractivity contribution in [2.45, 2.75) is 37.4 Å². The highest BCUT2D eigenvalue weighted by molar-refractivity contribution is 5.99. The van der Waals surface area contributed by atoms with Crippen molar-refractivity contribution in [2.24, 2.45) is 0 Å². The minimum Gasteiger partial charge on any atom is -0.463 e. The molecule has 0 aliphatic carbocycles. The number of furan rings is 1. The molecule has 2 aliphatic heterocycles. The van der Waals surface area contributed by atoms with Crippen LogP contribution in [0.15, 0.2) is 28.7 Å². The van der Waals surface area contributed by atoms with Gasteiger partial charge in [-0.05, 0) is 43.5 Å². The van der Waals surface area contributed by atoms with Gasteiger partial charge >= 0.3 is 5.97 Å². The molecular formula is C17H18N2O4. The van der Waals surface area contributed by atoms with Gasteiger partial charge in [-0.15, -0.1) is 0 Å². The van der Waals surface area contributed by atoms with Crippen LogP contribution in [0.25, 0.3) is 11.0 Å². The number of methoxy groups -OCH3 is 1. The van der Waals surface area contributed by atoms with Crippen molar-refractivity contribution in [3.63, 3.8) is 0 Å². The minimum atomic E-state index is -0.528. The SMILES string of the molecule is COC(=O)c1cc2cc(C(=O)N[C@@H]3C[C@H]4CC[C@@H]3N4)ccc2o1. The Labute approximate surface area is 133 Å². The van der Waals surface area contributed by atoms with Gasteiger partial charge < -0.3 is 19.8 Å². The molecule has 1 aromatic heterocycles. The first-order valence-electron chi connectivity index (χ1n) is 7.83. The monoisotopic (exact) mass is 314 g/mol. The van der Waals surface area contributed by atoms with Gasteiger partial charge in [-0.2, -0.15) is 0 Å². The predicted molar refractivity (Wildman–Crippen MR) is 83.4 cm³/mol. The van der Waals surface area contributed by atoms with Crippen molar-refractivity contribution in [3.05, 3.63) is 35.6 Å². The molecule has 3 heterocycles. The number of benzene rings is 1. The molecule has 2 N–H and O–H groups in total. The van der Waals surface area contributed by atoms with Crippen LogP contribution in [0.4, 0.5) is 0 Å². The van der Waals surface area contributed by atoms with Crippen LogP contribution in [-0.2, 0) is 4.74 Å². The Bertz CT molecular complexity index is 782. The summed E-state index contributed by atoms with van der Waals surface area (Å²) in [5.41, 5.74) is 1.13. The highest BCUT2D eigenvalue weighted by Crippen LogP contribution is 2.28. The van der Waals surface area contributed by atoms with Crippen molar-refractivity contribution < 1.29 is 18.7 Å². The fourth-order valence-electron chi connectivity index (χ4n) is 3.62. The summed E-state index contributed by atoms with van der Waals surface area (Å²) in [6, 6.07) is 7.89.